The highest BCUT2D eigenvalue weighted by Gasteiger charge is 2.51. The molecule has 2 aliphatic rings. The van der Waals surface area contributed by atoms with E-state index < -0.39 is 48.3 Å². The van der Waals surface area contributed by atoms with Gasteiger partial charge in [-0.05, 0) is 103 Å². The number of ether oxygens (including phenoxy) is 8. The molecule has 12 heteroatoms. The summed E-state index contributed by atoms with van der Waals surface area (Å²) in [7, 11) is 0. The fourth-order valence-electron chi connectivity index (χ4n) is 6.10. The molecule has 300 valence electrons. The molecule has 0 bridgehead atoms. The summed E-state index contributed by atoms with van der Waals surface area (Å²) in [4.78, 5) is 49.5. The largest absolute Gasteiger partial charge is 0.494 e. The molecule has 2 heterocycles. The van der Waals surface area contributed by atoms with Crippen molar-refractivity contribution in [3.05, 3.63) is 145 Å². The molecule has 1 unspecified atom stereocenters. The predicted octanol–water partition coefficient (Wildman–Crippen LogP) is 7.36. The molecule has 0 N–H and O–H groups in total. The van der Waals surface area contributed by atoms with Crippen molar-refractivity contribution in [1.82, 2.24) is 0 Å². The summed E-state index contributed by atoms with van der Waals surface area (Å²) < 4.78 is 44.9. The molecule has 12 nitrogen and oxygen atoms in total. The van der Waals surface area contributed by atoms with Crippen LogP contribution in [0.4, 0.5) is 0 Å². The zero-order chi connectivity index (χ0) is 40.9. The van der Waals surface area contributed by atoms with Crippen molar-refractivity contribution in [3.8, 4) is 28.4 Å². The lowest BCUT2D eigenvalue weighted by Crippen LogP contribution is -2.35. The van der Waals surface area contributed by atoms with Gasteiger partial charge in [-0.25, -0.2) is 19.2 Å². The molecule has 58 heavy (non-hydrogen) atoms. The second kappa shape index (κ2) is 20.1. The normalized spacial score (nSPS) is 18.7. The molecular weight excluding hydrogens is 744 g/mol. The molecule has 0 aliphatic carbocycles. The number of benzene rings is 4. The lowest BCUT2D eigenvalue weighted by molar-refractivity contribution is -0.147. The van der Waals surface area contributed by atoms with E-state index in [1.807, 2.05) is 55.5 Å². The lowest BCUT2D eigenvalue weighted by atomic mass is 10.0. The van der Waals surface area contributed by atoms with Gasteiger partial charge in [-0.2, -0.15) is 0 Å². The van der Waals surface area contributed by atoms with E-state index in [9.17, 15) is 19.2 Å². The van der Waals surface area contributed by atoms with Gasteiger partial charge in [0.25, 0.3) is 0 Å². The Morgan fingerprint density at radius 1 is 0.672 bits per heavy atom. The van der Waals surface area contributed by atoms with E-state index in [1.165, 1.54) is 30.3 Å². The molecule has 2 fully saturated rings. The number of hydrogen-bond acceptors (Lipinski definition) is 12. The second-order valence-corrected chi connectivity index (χ2v) is 13.4. The fraction of sp³-hybridized carbons (Fsp3) is 0.261. The van der Waals surface area contributed by atoms with Crippen molar-refractivity contribution in [2.24, 2.45) is 0 Å². The monoisotopic (exact) mass is 788 g/mol. The Morgan fingerprint density at radius 2 is 1.22 bits per heavy atom. The van der Waals surface area contributed by atoms with E-state index in [0.29, 0.717) is 30.8 Å². The van der Waals surface area contributed by atoms with E-state index in [1.54, 1.807) is 36.4 Å². The standard InChI is InChI=1S/C46H44O12/c1-4-30(3)55-37-21-13-33(14-22-37)32-11-8-31(9-12-32)10-25-42(48)57-39-28-53-44-40(29-54-43(39)44)58-46(50)35-17-23-38(24-18-35)56-45(49)34-15-19-36(20-16-34)51-26-6-7-27-52-41(47)5-2/h4-5,8-25,30,39-40,43-44H,1-2,6-7,26-29H2,3H3/t30?,39-,40+,43-,44-/m1/s1. The third kappa shape index (κ3) is 11.3. The highest BCUT2D eigenvalue weighted by molar-refractivity contribution is 5.92. The summed E-state index contributed by atoms with van der Waals surface area (Å²) in [5.41, 5.74) is 3.43. The van der Waals surface area contributed by atoms with Crippen LogP contribution >= 0.6 is 0 Å². The van der Waals surface area contributed by atoms with E-state index in [2.05, 4.69) is 13.2 Å². The molecule has 0 saturated carbocycles. The Hall–Kier alpha value is -6.50. The first-order valence-corrected chi connectivity index (χ1v) is 18.9. The van der Waals surface area contributed by atoms with Crippen molar-refractivity contribution in [2.45, 2.75) is 50.3 Å². The topological polar surface area (TPSA) is 142 Å². The maximum Gasteiger partial charge on any atom is 0.343 e. The number of carbonyl (C=O) groups excluding carboxylic acids is 4. The van der Waals surface area contributed by atoms with Crippen LogP contribution in [-0.2, 0) is 33.3 Å². The fourth-order valence-corrected chi connectivity index (χ4v) is 6.10. The van der Waals surface area contributed by atoms with Gasteiger partial charge in [0.05, 0.1) is 37.6 Å². The number of rotatable bonds is 18. The van der Waals surface area contributed by atoms with Gasteiger partial charge >= 0.3 is 23.9 Å². The van der Waals surface area contributed by atoms with Gasteiger partial charge in [0.15, 0.2) is 12.2 Å². The van der Waals surface area contributed by atoms with Crippen molar-refractivity contribution >= 4 is 30.0 Å². The molecule has 0 aromatic heterocycles. The van der Waals surface area contributed by atoms with Crippen LogP contribution in [0.2, 0.25) is 0 Å². The number of carbonyl (C=O) groups is 4. The second-order valence-electron chi connectivity index (χ2n) is 13.4. The van der Waals surface area contributed by atoms with Gasteiger partial charge in [-0.1, -0.05) is 55.6 Å². The number of fused-ring (bicyclic) bond motifs is 1. The Kier molecular flexibility index (Phi) is 14.2. The quantitative estimate of drug-likeness (QED) is 0.0248. The molecule has 5 atom stereocenters. The van der Waals surface area contributed by atoms with Crippen LogP contribution in [0.25, 0.3) is 17.2 Å². The maximum atomic E-state index is 13.0. The average Bonchev–Trinajstić information content (AvgIpc) is 3.84. The minimum atomic E-state index is -0.707. The summed E-state index contributed by atoms with van der Waals surface area (Å²) in [5.74, 6) is -0.611. The van der Waals surface area contributed by atoms with Crippen LogP contribution < -0.4 is 14.2 Å². The van der Waals surface area contributed by atoms with Gasteiger partial charge in [0, 0.05) is 12.2 Å². The first-order chi connectivity index (χ1) is 28.2. The summed E-state index contributed by atoms with van der Waals surface area (Å²) in [5, 5.41) is 0. The van der Waals surface area contributed by atoms with Gasteiger partial charge < -0.3 is 37.9 Å². The lowest BCUT2D eigenvalue weighted by Gasteiger charge is -2.17. The Morgan fingerprint density at radius 3 is 1.84 bits per heavy atom. The Labute approximate surface area is 336 Å². The summed E-state index contributed by atoms with van der Waals surface area (Å²) in [6, 6.07) is 28.0. The van der Waals surface area contributed by atoms with Crippen LogP contribution in [0.15, 0.2) is 128 Å². The molecule has 0 amide bonds. The average molecular weight is 789 g/mol. The van der Waals surface area contributed by atoms with E-state index in [4.69, 9.17) is 37.9 Å². The van der Waals surface area contributed by atoms with Crippen molar-refractivity contribution < 1.29 is 57.1 Å². The molecule has 2 aliphatic heterocycles. The summed E-state index contributed by atoms with van der Waals surface area (Å²) in [6.07, 6.45) is 4.57. The zero-order valence-electron chi connectivity index (χ0n) is 32.0. The highest BCUT2D eigenvalue weighted by Crippen LogP contribution is 2.32. The first-order valence-electron chi connectivity index (χ1n) is 18.9. The minimum absolute atomic E-state index is 0.0771. The number of esters is 4. The van der Waals surface area contributed by atoms with Gasteiger partial charge in [-0.15, -0.1) is 0 Å². The summed E-state index contributed by atoms with van der Waals surface area (Å²) >= 11 is 0. The van der Waals surface area contributed by atoms with Crippen molar-refractivity contribution in [3.63, 3.8) is 0 Å². The van der Waals surface area contributed by atoms with E-state index in [0.717, 1.165) is 28.5 Å². The SMILES string of the molecule is C=CC(=O)OCCCCOc1ccc(C(=O)Oc2ccc(C(=O)O[C@H]3CO[C@H]4[C@@H]3OC[C@H]4OC(=O)C=Cc3ccc(-c4ccc(OC(C)C=C)cc4)cc3)cc2)cc1. The van der Waals surface area contributed by atoms with Gasteiger partial charge in [0.2, 0.25) is 0 Å². The first kappa shape index (κ1) is 41.1. The molecule has 0 spiro atoms. The van der Waals surface area contributed by atoms with E-state index in [-0.39, 0.29) is 37.2 Å². The van der Waals surface area contributed by atoms with Crippen molar-refractivity contribution in [2.75, 3.05) is 26.4 Å². The predicted molar refractivity (Wildman–Crippen MR) is 213 cm³/mol. The Balaban J connectivity index is 0.911. The zero-order valence-corrected chi connectivity index (χ0v) is 32.0. The van der Waals surface area contributed by atoms with Crippen LogP contribution in [0.3, 0.4) is 0 Å². The Bertz CT molecular complexity index is 2070. The van der Waals surface area contributed by atoms with Crippen molar-refractivity contribution in [1.29, 1.82) is 0 Å². The molecule has 4 aromatic carbocycles. The molecule has 4 aromatic rings. The maximum absolute atomic E-state index is 13.0. The van der Waals surface area contributed by atoms with Crippen LogP contribution in [0.5, 0.6) is 17.2 Å². The highest BCUT2D eigenvalue weighted by atomic mass is 16.7. The third-order valence-electron chi connectivity index (χ3n) is 9.26. The van der Waals surface area contributed by atoms with E-state index >= 15 is 0 Å². The number of hydrogen-bond donors (Lipinski definition) is 0. The molecule has 2 saturated heterocycles. The molecule has 0 radical (unpaired) electrons. The van der Waals surface area contributed by atoms with Crippen LogP contribution in [0, 0.1) is 0 Å². The van der Waals surface area contributed by atoms with Gasteiger partial charge in [-0.3, -0.25) is 0 Å². The smallest absolute Gasteiger partial charge is 0.343 e. The number of unbranched alkanes of at least 4 members (excludes halogenated alkanes) is 1. The van der Waals surface area contributed by atoms with Crippen LogP contribution in [-0.4, -0.2) is 80.8 Å². The molecular formula is C46H44O12. The summed E-state index contributed by atoms with van der Waals surface area (Å²) in [6.45, 7) is 9.89. The third-order valence-corrected chi connectivity index (χ3v) is 9.26. The van der Waals surface area contributed by atoms with Gasteiger partial charge in [0.1, 0.15) is 35.6 Å². The van der Waals surface area contributed by atoms with Crippen LogP contribution in [0.1, 0.15) is 46.0 Å². The minimum Gasteiger partial charge on any atom is -0.494 e. The molecule has 6 rings (SSSR count).